The molecule has 0 atom stereocenters. The van der Waals surface area contributed by atoms with Crippen molar-refractivity contribution in [1.29, 1.82) is 0 Å². The minimum absolute atomic E-state index is 0.0804. The first-order chi connectivity index (χ1) is 11.8. The van der Waals surface area contributed by atoms with Crippen molar-refractivity contribution in [1.82, 2.24) is 0 Å². The average Bonchev–Trinajstić information content (AvgIpc) is 2.67. The van der Waals surface area contributed by atoms with E-state index in [1.807, 2.05) is 72.8 Å². The molecule has 0 aliphatic rings. The molecule has 116 valence electrons. The highest BCUT2D eigenvalue weighted by Gasteiger charge is 2.01. The number of amidine groups is 2. The standard InChI is InChI=1S/C21H16N3/c1-23-21(24-20(22)17-11-6-3-7-12-17)19-14-8-13-18(15-19)16-9-4-2-5-10-16/h2-15H,1H2/q-1. The molecule has 0 heterocycles. The van der Waals surface area contributed by atoms with Gasteiger partial charge in [-0.3, -0.25) is 4.99 Å². The van der Waals surface area contributed by atoms with Crippen molar-refractivity contribution in [2.45, 2.75) is 0 Å². The molecule has 24 heavy (non-hydrogen) atoms. The van der Waals surface area contributed by atoms with Gasteiger partial charge in [0.15, 0.2) is 0 Å². The maximum Gasteiger partial charge on any atom is 0.0576 e. The molecule has 0 saturated carbocycles. The van der Waals surface area contributed by atoms with Crippen LogP contribution in [0.4, 0.5) is 0 Å². The van der Waals surface area contributed by atoms with Crippen molar-refractivity contribution < 1.29 is 0 Å². The van der Waals surface area contributed by atoms with E-state index in [1.54, 1.807) is 12.1 Å². The van der Waals surface area contributed by atoms with Crippen LogP contribution in [0.15, 0.2) is 94.9 Å². The lowest BCUT2D eigenvalue weighted by atomic mass is 10.0. The zero-order valence-electron chi connectivity index (χ0n) is 13.1. The zero-order valence-corrected chi connectivity index (χ0v) is 13.1. The molecule has 0 aliphatic heterocycles. The highest BCUT2D eigenvalue weighted by molar-refractivity contribution is 6.14. The summed E-state index contributed by atoms with van der Waals surface area (Å²) in [5.74, 6) is 0.303. The summed E-state index contributed by atoms with van der Waals surface area (Å²) in [6.07, 6.45) is 0. The number of hydrogen-bond acceptors (Lipinski definition) is 0. The van der Waals surface area contributed by atoms with Crippen LogP contribution in [-0.2, 0) is 0 Å². The Morgan fingerprint density at radius 3 is 1.96 bits per heavy atom. The molecule has 0 aliphatic carbocycles. The smallest absolute Gasteiger partial charge is 0.0576 e. The second-order valence-corrected chi connectivity index (χ2v) is 5.23. The second-order valence-electron chi connectivity index (χ2n) is 5.23. The number of rotatable bonds is 3. The van der Waals surface area contributed by atoms with E-state index in [1.165, 1.54) is 0 Å². The summed E-state index contributed by atoms with van der Waals surface area (Å²) in [5.41, 5.74) is 3.61. The monoisotopic (exact) mass is 310 g/mol. The molecular weight excluding hydrogens is 294 g/mol. The largest absolute Gasteiger partial charge is 0.464 e. The lowest BCUT2D eigenvalue weighted by molar-refractivity contribution is 1.51. The quantitative estimate of drug-likeness (QED) is 0.492. The Morgan fingerprint density at radius 2 is 1.29 bits per heavy atom. The summed E-state index contributed by atoms with van der Waals surface area (Å²) < 4.78 is 0. The van der Waals surface area contributed by atoms with Crippen molar-refractivity contribution in [2.24, 2.45) is 9.98 Å². The van der Waals surface area contributed by atoms with E-state index in [0.29, 0.717) is 11.4 Å². The fraction of sp³-hybridized carbons (Fsp3) is 0. The molecule has 0 amide bonds. The number of nitrogens with zero attached hydrogens (tertiary/aromatic N) is 3. The molecular formula is C21H16N3-. The van der Waals surface area contributed by atoms with Crippen LogP contribution in [0.5, 0.6) is 0 Å². The molecule has 0 fully saturated rings. The summed E-state index contributed by atoms with van der Waals surface area (Å²) in [7, 11) is 0. The van der Waals surface area contributed by atoms with Crippen molar-refractivity contribution >= 4 is 18.4 Å². The Balaban J connectivity index is 1.96. The fourth-order valence-electron chi connectivity index (χ4n) is 2.41. The predicted molar refractivity (Wildman–Crippen MR) is 102 cm³/mol. The van der Waals surface area contributed by atoms with Crippen molar-refractivity contribution in [3.8, 4) is 11.1 Å². The maximum absolute atomic E-state index is 10.2. The molecule has 0 bridgehead atoms. The summed E-state index contributed by atoms with van der Waals surface area (Å²) in [6, 6.07) is 27.1. The SMILES string of the molecule is C=NC(=NC(=[N-])c1ccccc1)c1cccc(-c2ccccc2)c1. The van der Waals surface area contributed by atoms with E-state index in [0.717, 1.165) is 16.7 Å². The van der Waals surface area contributed by atoms with E-state index in [9.17, 15) is 5.41 Å². The van der Waals surface area contributed by atoms with Gasteiger partial charge in [-0.1, -0.05) is 84.7 Å². The van der Waals surface area contributed by atoms with Gasteiger partial charge in [-0.05, 0) is 35.0 Å². The second kappa shape index (κ2) is 7.29. The van der Waals surface area contributed by atoms with Crippen LogP contribution in [0.25, 0.3) is 16.5 Å². The van der Waals surface area contributed by atoms with Gasteiger partial charge < -0.3 is 10.4 Å². The topological polar surface area (TPSA) is 47.0 Å². The van der Waals surface area contributed by atoms with Crippen LogP contribution in [0.2, 0.25) is 0 Å². The number of aliphatic imine (C=N–C) groups is 2. The molecule has 3 aromatic carbocycles. The van der Waals surface area contributed by atoms with Crippen LogP contribution < -0.4 is 0 Å². The third-order valence-corrected chi connectivity index (χ3v) is 3.62. The van der Waals surface area contributed by atoms with Gasteiger partial charge in [-0.2, -0.15) is 0 Å². The predicted octanol–water partition coefficient (Wildman–Crippen LogP) is 4.82. The average molecular weight is 310 g/mol. The lowest BCUT2D eigenvalue weighted by Crippen LogP contribution is -2.03. The number of hydrogen-bond donors (Lipinski definition) is 0. The molecule has 3 nitrogen and oxygen atoms in total. The van der Waals surface area contributed by atoms with Crippen LogP contribution in [0.1, 0.15) is 11.1 Å². The van der Waals surface area contributed by atoms with E-state index >= 15 is 0 Å². The van der Waals surface area contributed by atoms with Gasteiger partial charge in [0.25, 0.3) is 0 Å². The Morgan fingerprint density at radius 1 is 0.708 bits per heavy atom. The van der Waals surface area contributed by atoms with Gasteiger partial charge in [0.1, 0.15) is 0 Å². The van der Waals surface area contributed by atoms with Gasteiger partial charge in [0.2, 0.25) is 0 Å². The first-order valence-electron chi connectivity index (χ1n) is 7.60. The van der Waals surface area contributed by atoms with E-state index in [4.69, 9.17) is 0 Å². The Hall–Kier alpha value is -3.33. The van der Waals surface area contributed by atoms with E-state index in [2.05, 4.69) is 16.7 Å². The van der Waals surface area contributed by atoms with Crippen LogP contribution in [0, 0.1) is 0 Å². The minimum Gasteiger partial charge on any atom is -0.464 e. The van der Waals surface area contributed by atoms with Crippen LogP contribution in [0.3, 0.4) is 0 Å². The zero-order chi connectivity index (χ0) is 16.8. The van der Waals surface area contributed by atoms with Gasteiger partial charge in [-0.25, -0.2) is 0 Å². The van der Waals surface area contributed by atoms with Gasteiger partial charge in [-0.15, -0.1) is 0 Å². The normalized spacial score (nSPS) is 11.1. The molecule has 0 N–H and O–H groups in total. The molecule has 3 aromatic rings. The van der Waals surface area contributed by atoms with Crippen molar-refractivity contribution in [3.63, 3.8) is 0 Å². The van der Waals surface area contributed by atoms with E-state index in [-0.39, 0.29) is 5.84 Å². The summed E-state index contributed by atoms with van der Waals surface area (Å²) in [6.45, 7) is 3.58. The summed E-state index contributed by atoms with van der Waals surface area (Å²) in [5, 5.41) is 10.2. The lowest BCUT2D eigenvalue weighted by Gasteiger charge is -2.13. The minimum atomic E-state index is -0.0804. The maximum atomic E-state index is 10.2. The van der Waals surface area contributed by atoms with Gasteiger partial charge >= 0.3 is 0 Å². The number of benzene rings is 3. The highest BCUT2D eigenvalue weighted by Crippen LogP contribution is 2.20. The fourth-order valence-corrected chi connectivity index (χ4v) is 2.41. The highest BCUT2D eigenvalue weighted by atomic mass is 14.9. The van der Waals surface area contributed by atoms with Crippen LogP contribution in [-0.4, -0.2) is 18.4 Å². The van der Waals surface area contributed by atoms with Crippen molar-refractivity contribution in [3.05, 3.63) is 101 Å². The Kier molecular flexibility index (Phi) is 4.73. The van der Waals surface area contributed by atoms with Crippen LogP contribution >= 0.6 is 0 Å². The molecule has 0 radical (unpaired) electrons. The van der Waals surface area contributed by atoms with Crippen molar-refractivity contribution in [2.75, 3.05) is 0 Å². The molecule has 0 unspecified atom stereocenters. The third-order valence-electron chi connectivity index (χ3n) is 3.62. The molecule has 0 aromatic heterocycles. The molecule has 3 heteroatoms. The Bertz CT molecular complexity index is 881. The van der Waals surface area contributed by atoms with Gasteiger partial charge in [0.05, 0.1) is 5.84 Å². The Labute approximate surface area is 141 Å². The third kappa shape index (κ3) is 3.52. The van der Waals surface area contributed by atoms with Gasteiger partial charge in [0, 0.05) is 0 Å². The summed E-state index contributed by atoms with van der Waals surface area (Å²) in [4.78, 5) is 8.21. The summed E-state index contributed by atoms with van der Waals surface area (Å²) >= 11 is 0. The first kappa shape index (κ1) is 15.6. The molecule has 0 saturated heterocycles. The molecule has 0 spiro atoms. The first-order valence-corrected chi connectivity index (χ1v) is 7.60. The molecule has 3 rings (SSSR count). The van der Waals surface area contributed by atoms with E-state index < -0.39 is 0 Å².